The largest absolute Gasteiger partial charge is 0.463 e. The van der Waals surface area contributed by atoms with Gasteiger partial charge >= 0.3 is 11.9 Å². The Balaban J connectivity index is 1.94. The van der Waals surface area contributed by atoms with Gasteiger partial charge in [-0.25, -0.2) is 4.79 Å². The summed E-state index contributed by atoms with van der Waals surface area (Å²) >= 11 is 0. The van der Waals surface area contributed by atoms with Gasteiger partial charge in [-0.2, -0.15) is 0 Å². The molecule has 0 spiro atoms. The molecule has 2 saturated carbocycles. The first-order chi connectivity index (χ1) is 17.3. The van der Waals surface area contributed by atoms with E-state index in [4.69, 9.17) is 18.9 Å². The smallest absolute Gasteiger partial charge is 0.333 e. The van der Waals surface area contributed by atoms with Crippen molar-refractivity contribution in [2.75, 3.05) is 6.61 Å². The van der Waals surface area contributed by atoms with Crippen molar-refractivity contribution in [3.63, 3.8) is 0 Å². The lowest BCUT2D eigenvalue weighted by molar-refractivity contribution is -0.328. The average Bonchev–Trinajstić information content (AvgIpc) is 2.84. The summed E-state index contributed by atoms with van der Waals surface area (Å²) in [7, 11) is 0. The number of hydrogen-bond acceptors (Lipinski definition) is 9. The van der Waals surface area contributed by atoms with Gasteiger partial charge in [0.25, 0.3) is 0 Å². The third-order valence-electron chi connectivity index (χ3n) is 8.66. The SMILES string of the molecule is C=C1CC[C@@H](O)[C@]2(C)CC[C@@H](C(C)C)[C@@H](O[C@@H]3O[C@H](COC(C)=O)[C@@H](O)[C@H](OC(=O)/C(C)=C\C)[C@H]3O)[C@@H]12. The number of aliphatic hydroxyl groups is 3. The van der Waals surface area contributed by atoms with Crippen molar-refractivity contribution in [3.8, 4) is 0 Å². The zero-order chi connectivity index (χ0) is 27.7. The topological polar surface area (TPSA) is 132 Å². The molecule has 1 aliphatic heterocycles. The van der Waals surface area contributed by atoms with Gasteiger partial charge < -0.3 is 34.3 Å². The Morgan fingerprint density at radius 2 is 1.84 bits per heavy atom. The summed E-state index contributed by atoms with van der Waals surface area (Å²) in [6.45, 7) is 14.8. The van der Waals surface area contributed by atoms with Gasteiger partial charge in [0.15, 0.2) is 12.4 Å². The van der Waals surface area contributed by atoms with E-state index in [0.29, 0.717) is 18.4 Å². The minimum Gasteiger partial charge on any atom is -0.463 e. The van der Waals surface area contributed by atoms with Crippen LogP contribution in [-0.4, -0.2) is 76.8 Å². The second-order valence-corrected chi connectivity index (χ2v) is 11.4. The minimum absolute atomic E-state index is 0.0981. The lowest BCUT2D eigenvalue weighted by Crippen LogP contribution is -2.63. The molecule has 210 valence electrons. The maximum absolute atomic E-state index is 12.5. The van der Waals surface area contributed by atoms with Crippen molar-refractivity contribution in [2.24, 2.45) is 23.2 Å². The number of aliphatic hydroxyl groups excluding tert-OH is 3. The van der Waals surface area contributed by atoms with Gasteiger partial charge in [-0.1, -0.05) is 39.0 Å². The van der Waals surface area contributed by atoms with Crippen LogP contribution in [-0.2, 0) is 28.5 Å². The maximum atomic E-state index is 12.5. The van der Waals surface area contributed by atoms with Gasteiger partial charge in [-0.15, -0.1) is 0 Å². The number of esters is 2. The summed E-state index contributed by atoms with van der Waals surface area (Å²) < 4.78 is 23.1. The van der Waals surface area contributed by atoms with Crippen molar-refractivity contribution in [1.29, 1.82) is 0 Å². The number of rotatable bonds is 7. The van der Waals surface area contributed by atoms with Crippen LogP contribution in [0.25, 0.3) is 0 Å². The fraction of sp³-hybridized carbons (Fsp3) is 0.786. The van der Waals surface area contributed by atoms with Gasteiger partial charge in [0.2, 0.25) is 0 Å². The monoisotopic (exact) mass is 524 g/mol. The zero-order valence-corrected chi connectivity index (χ0v) is 22.9. The minimum atomic E-state index is -1.50. The van der Waals surface area contributed by atoms with Crippen LogP contribution in [0.4, 0.5) is 0 Å². The Labute approximate surface area is 219 Å². The number of carbonyl (C=O) groups is 2. The molecule has 0 aromatic carbocycles. The van der Waals surface area contributed by atoms with Gasteiger partial charge in [-0.05, 0) is 51.4 Å². The van der Waals surface area contributed by atoms with E-state index in [1.54, 1.807) is 19.9 Å². The van der Waals surface area contributed by atoms with E-state index < -0.39 is 60.3 Å². The molecule has 9 heteroatoms. The molecule has 2 aliphatic carbocycles. The highest BCUT2D eigenvalue weighted by atomic mass is 16.7. The Morgan fingerprint density at radius 1 is 1.16 bits per heavy atom. The fourth-order valence-corrected chi connectivity index (χ4v) is 6.17. The normalized spacial score (nSPS) is 40.8. The molecule has 0 unspecified atom stereocenters. The van der Waals surface area contributed by atoms with Gasteiger partial charge in [0.05, 0.1) is 12.2 Å². The number of fused-ring (bicyclic) bond motifs is 1. The Morgan fingerprint density at radius 3 is 2.43 bits per heavy atom. The molecule has 3 rings (SSSR count). The van der Waals surface area contributed by atoms with Crippen LogP contribution in [0.5, 0.6) is 0 Å². The number of carbonyl (C=O) groups excluding carboxylic acids is 2. The Hall–Kier alpha value is -1.78. The Bertz CT molecular complexity index is 883. The van der Waals surface area contributed by atoms with Crippen LogP contribution >= 0.6 is 0 Å². The maximum Gasteiger partial charge on any atom is 0.333 e. The fourth-order valence-electron chi connectivity index (χ4n) is 6.17. The summed E-state index contributed by atoms with van der Waals surface area (Å²) in [6, 6.07) is 0. The van der Waals surface area contributed by atoms with E-state index >= 15 is 0 Å². The molecule has 0 amide bonds. The molecule has 3 fully saturated rings. The van der Waals surface area contributed by atoms with Crippen LogP contribution in [0.15, 0.2) is 23.8 Å². The number of allylic oxidation sites excluding steroid dienone is 1. The summed E-state index contributed by atoms with van der Waals surface area (Å²) in [4.78, 5) is 24.0. The lowest BCUT2D eigenvalue weighted by atomic mass is 9.53. The van der Waals surface area contributed by atoms with Crippen LogP contribution in [0, 0.1) is 23.2 Å². The molecule has 0 radical (unpaired) electrons. The summed E-state index contributed by atoms with van der Waals surface area (Å²) in [6.07, 6.45) is -3.08. The molecule has 0 aromatic rings. The molecular weight excluding hydrogens is 480 g/mol. The van der Waals surface area contributed by atoms with Gasteiger partial charge in [0.1, 0.15) is 24.9 Å². The molecule has 3 N–H and O–H groups in total. The molecule has 10 atom stereocenters. The first-order valence-electron chi connectivity index (χ1n) is 13.3. The van der Waals surface area contributed by atoms with Gasteiger partial charge in [0, 0.05) is 23.8 Å². The first-order valence-corrected chi connectivity index (χ1v) is 13.3. The predicted octanol–water partition coefficient (Wildman–Crippen LogP) is 2.66. The van der Waals surface area contributed by atoms with E-state index in [2.05, 4.69) is 27.4 Å². The highest BCUT2D eigenvalue weighted by molar-refractivity contribution is 5.87. The van der Waals surface area contributed by atoms with Crippen molar-refractivity contribution in [1.82, 2.24) is 0 Å². The molecule has 1 saturated heterocycles. The summed E-state index contributed by atoms with van der Waals surface area (Å²) in [5.74, 6) is -1.07. The lowest BCUT2D eigenvalue weighted by Gasteiger charge is -2.56. The quantitative estimate of drug-likeness (QED) is 0.261. The molecule has 3 aliphatic rings. The van der Waals surface area contributed by atoms with E-state index in [1.807, 2.05) is 0 Å². The van der Waals surface area contributed by atoms with Crippen molar-refractivity contribution in [2.45, 2.75) is 110 Å². The van der Waals surface area contributed by atoms with Crippen LogP contribution < -0.4 is 0 Å². The standard InChI is InChI=1S/C28H44O9/c1-8-15(4)26(33)36-25-22(31)19(13-34-17(6)29)35-27(23(25)32)37-24-18(14(2)3)11-12-28(7)20(30)10-9-16(5)21(24)28/h8,14,18-25,27,30-32H,5,9-13H2,1-4,6-7H3/b15-8-/t18-,19+,20+,21+,22+,23+,24+,25-,27-,28-/m0/s1. The second kappa shape index (κ2) is 11.9. The average molecular weight is 525 g/mol. The molecule has 9 nitrogen and oxygen atoms in total. The molecular formula is C28H44O9. The van der Waals surface area contributed by atoms with Crippen molar-refractivity contribution in [3.05, 3.63) is 23.8 Å². The Kier molecular flexibility index (Phi) is 9.61. The van der Waals surface area contributed by atoms with E-state index in [-0.39, 0.29) is 24.4 Å². The molecule has 0 bridgehead atoms. The van der Waals surface area contributed by atoms with E-state index in [0.717, 1.165) is 18.4 Å². The van der Waals surface area contributed by atoms with Crippen LogP contribution in [0.2, 0.25) is 0 Å². The summed E-state index contributed by atoms with van der Waals surface area (Å²) in [5.41, 5.74) is 0.878. The molecule has 37 heavy (non-hydrogen) atoms. The zero-order valence-electron chi connectivity index (χ0n) is 22.9. The third kappa shape index (κ3) is 6.11. The number of ether oxygens (including phenoxy) is 4. The number of hydrogen-bond donors (Lipinski definition) is 3. The van der Waals surface area contributed by atoms with Crippen LogP contribution in [0.1, 0.15) is 67.2 Å². The molecule has 0 aromatic heterocycles. The molecule has 1 heterocycles. The third-order valence-corrected chi connectivity index (χ3v) is 8.66. The first kappa shape index (κ1) is 29.8. The van der Waals surface area contributed by atoms with Crippen LogP contribution in [0.3, 0.4) is 0 Å². The highest BCUT2D eigenvalue weighted by Gasteiger charge is 2.56. The van der Waals surface area contributed by atoms with Crippen molar-refractivity contribution < 1.29 is 43.9 Å². The van der Waals surface area contributed by atoms with E-state index in [1.165, 1.54) is 6.92 Å². The predicted molar refractivity (Wildman–Crippen MR) is 135 cm³/mol. The highest BCUT2D eigenvalue weighted by Crippen LogP contribution is 2.56. The van der Waals surface area contributed by atoms with E-state index in [9.17, 15) is 24.9 Å². The summed E-state index contributed by atoms with van der Waals surface area (Å²) in [5, 5.41) is 33.1. The van der Waals surface area contributed by atoms with Gasteiger partial charge in [-0.3, -0.25) is 4.79 Å². The van der Waals surface area contributed by atoms with Crippen molar-refractivity contribution >= 4 is 11.9 Å². The second-order valence-electron chi connectivity index (χ2n) is 11.4.